The molecule has 0 radical (unpaired) electrons. The van der Waals surface area contributed by atoms with Crippen LogP contribution >= 0.6 is 0 Å². The number of rotatable bonds is 8. The monoisotopic (exact) mass is 482 g/mol. The van der Waals surface area contributed by atoms with Crippen molar-refractivity contribution in [2.24, 2.45) is 0 Å². The van der Waals surface area contributed by atoms with Crippen LogP contribution in [0, 0.1) is 12.7 Å². The second kappa shape index (κ2) is 13.2. The second-order valence-corrected chi connectivity index (χ2v) is 8.16. The highest BCUT2D eigenvalue weighted by Gasteiger charge is 2.24. The number of aromatic hydroxyl groups is 1. The van der Waals surface area contributed by atoms with Crippen LogP contribution < -0.4 is 5.32 Å². The molecule has 0 aromatic heterocycles. The second-order valence-electron chi connectivity index (χ2n) is 8.16. The maximum atomic E-state index is 12.9. The molecule has 2 unspecified atom stereocenters. The van der Waals surface area contributed by atoms with Crippen LogP contribution in [0.2, 0.25) is 0 Å². The molecule has 3 aromatic carbocycles. The van der Waals surface area contributed by atoms with Crippen LogP contribution in [-0.4, -0.2) is 51.8 Å². The molecular formula is C27H31FN2O5. The van der Waals surface area contributed by atoms with Gasteiger partial charge in [0.05, 0.1) is 6.10 Å². The van der Waals surface area contributed by atoms with Crippen molar-refractivity contribution in [1.29, 1.82) is 0 Å². The molecule has 2 atom stereocenters. The Bertz CT molecular complexity index is 1120. The third-order valence-corrected chi connectivity index (χ3v) is 5.37. The molecule has 7 nitrogen and oxygen atoms in total. The molecule has 4 N–H and O–H groups in total. The van der Waals surface area contributed by atoms with Gasteiger partial charge < -0.3 is 25.5 Å². The van der Waals surface area contributed by atoms with Crippen molar-refractivity contribution in [3.8, 4) is 16.9 Å². The van der Waals surface area contributed by atoms with Crippen molar-refractivity contribution in [2.45, 2.75) is 39.1 Å². The van der Waals surface area contributed by atoms with Crippen molar-refractivity contribution in [3.63, 3.8) is 0 Å². The molecule has 8 heteroatoms. The summed E-state index contributed by atoms with van der Waals surface area (Å²) in [5.41, 5.74) is 4.45. The van der Waals surface area contributed by atoms with Crippen LogP contribution in [0.25, 0.3) is 11.1 Å². The zero-order valence-electron chi connectivity index (χ0n) is 20.0. The van der Waals surface area contributed by atoms with Crippen LogP contribution in [-0.2, 0) is 22.7 Å². The van der Waals surface area contributed by atoms with Gasteiger partial charge in [-0.15, -0.1) is 0 Å². The molecule has 3 aromatic rings. The molecule has 0 fully saturated rings. The molecule has 35 heavy (non-hydrogen) atoms. The first-order valence-electron chi connectivity index (χ1n) is 11.0. The summed E-state index contributed by atoms with van der Waals surface area (Å²) >= 11 is 0. The lowest BCUT2D eigenvalue weighted by atomic mass is 10.0. The van der Waals surface area contributed by atoms with Gasteiger partial charge in [-0.2, -0.15) is 0 Å². The standard InChI is InChI=1S/C14H12FNO2.C13H19NO3/c15-12-5-6-13(14(18)7-12)11-3-1-10(2-4-11)8-16-9-17;1-9-6-4-5-7-11(9)8-14(3)13(17)12(16)10(2)15/h1-7,9,18H,8H2,(H,16,17);4-7,10,12,15-16H,8H2,1-3H3. The number of amides is 2. The number of nitrogens with zero attached hydrogens (tertiary/aromatic N) is 1. The van der Waals surface area contributed by atoms with Crippen LogP contribution in [0.4, 0.5) is 4.39 Å². The summed E-state index contributed by atoms with van der Waals surface area (Å²) in [5.74, 6) is -1.03. The fourth-order valence-electron chi connectivity index (χ4n) is 3.26. The lowest BCUT2D eigenvalue weighted by molar-refractivity contribution is -0.144. The number of aryl methyl sites for hydroxylation is 1. The van der Waals surface area contributed by atoms with Gasteiger partial charge >= 0.3 is 0 Å². The molecule has 0 saturated carbocycles. The Morgan fingerprint density at radius 1 is 1.09 bits per heavy atom. The fraction of sp³-hybridized carbons (Fsp3) is 0.259. The number of phenols is 1. The van der Waals surface area contributed by atoms with E-state index in [0.29, 0.717) is 25.1 Å². The van der Waals surface area contributed by atoms with Crippen LogP contribution in [0.5, 0.6) is 5.75 Å². The molecule has 0 saturated heterocycles. The van der Waals surface area contributed by atoms with Crippen molar-refractivity contribution in [1.82, 2.24) is 10.2 Å². The lowest BCUT2D eigenvalue weighted by Crippen LogP contribution is -2.41. The number of aliphatic hydroxyl groups is 2. The smallest absolute Gasteiger partial charge is 0.254 e. The molecular weight excluding hydrogens is 451 g/mol. The van der Waals surface area contributed by atoms with Crippen molar-refractivity contribution >= 4 is 12.3 Å². The van der Waals surface area contributed by atoms with E-state index in [-0.39, 0.29) is 5.75 Å². The van der Waals surface area contributed by atoms with Gasteiger partial charge in [-0.1, -0.05) is 48.5 Å². The Kier molecular flexibility index (Phi) is 10.4. The minimum Gasteiger partial charge on any atom is -0.507 e. The number of carbonyl (C=O) groups excluding carboxylic acids is 2. The van der Waals surface area contributed by atoms with Gasteiger partial charge in [-0.25, -0.2) is 4.39 Å². The SMILES string of the molecule is Cc1ccccc1CN(C)C(=O)C(O)C(C)O.O=CNCc1ccc(-c2ccc(F)cc2O)cc1. The number of halogens is 1. The van der Waals surface area contributed by atoms with Crippen molar-refractivity contribution < 1.29 is 29.3 Å². The van der Waals surface area contributed by atoms with Gasteiger partial charge in [0.15, 0.2) is 6.10 Å². The number of likely N-dealkylation sites (N-methyl/N-ethyl adjacent to an activating group) is 1. The zero-order chi connectivity index (χ0) is 26.0. The molecule has 0 aliphatic rings. The number of aliphatic hydroxyl groups excluding tert-OH is 2. The lowest BCUT2D eigenvalue weighted by Gasteiger charge is -2.22. The van der Waals surface area contributed by atoms with Crippen molar-refractivity contribution in [3.05, 3.63) is 89.2 Å². The van der Waals surface area contributed by atoms with E-state index in [2.05, 4.69) is 5.32 Å². The van der Waals surface area contributed by atoms with Crippen LogP contribution in [0.15, 0.2) is 66.7 Å². The summed E-state index contributed by atoms with van der Waals surface area (Å²) in [4.78, 5) is 23.3. The largest absolute Gasteiger partial charge is 0.507 e. The molecule has 0 aliphatic carbocycles. The average Bonchev–Trinajstić information content (AvgIpc) is 2.84. The first-order valence-corrected chi connectivity index (χ1v) is 11.0. The average molecular weight is 483 g/mol. The maximum absolute atomic E-state index is 12.9. The van der Waals surface area contributed by atoms with Gasteiger partial charge in [0.25, 0.3) is 5.91 Å². The first kappa shape index (κ1) is 27.5. The molecule has 0 heterocycles. The van der Waals surface area contributed by atoms with Gasteiger partial charge in [0.1, 0.15) is 11.6 Å². The summed E-state index contributed by atoms with van der Waals surface area (Å²) in [5, 5.41) is 30.9. The van der Waals surface area contributed by atoms with Crippen LogP contribution in [0.3, 0.4) is 0 Å². The molecule has 2 amide bonds. The van der Waals surface area contributed by atoms with Gasteiger partial charge in [0, 0.05) is 31.8 Å². The van der Waals surface area contributed by atoms with Gasteiger partial charge in [-0.3, -0.25) is 9.59 Å². The topological polar surface area (TPSA) is 110 Å². The van der Waals surface area contributed by atoms with E-state index >= 15 is 0 Å². The minimum atomic E-state index is -1.36. The van der Waals surface area contributed by atoms with E-state index in [9.17, 15) is 24.2 Å². The third kappa shape index (κ3) is 8.20. The maximum Gasteiger partial charge on any atom is 0.254 e. The highest BCUT2D eigenvalue weighted by molar-refractivity contribution is 5.81. The number of benzene rings is 3. The summed E-state index contributed by atoms with van der Waals surface area (Å²) in [7, 11) is 1.61. The van der Waals surface area contributed by atoms with E-state index < -0.39 is 23.9 Å². The predicted octanol–water partition coefficient (Wildman–Crippen LogP) is 3.14. The fourth-order valence-corrected chi connectivity index (χ4v) is 3.26. The van der Waals surface area contributed by atoms with E-state index in [0.717, 1.165) is 28.3 Å². The molecule has 3 rings (SSSR count). The Hall–Kier alpha value is -3.75. The molecule has 0 aliphatic heterocycles. The Balaban J connectivity index is 0.000000247. The van der Waals surface area contributed by atoms with Crippen molar-refractivity contribution in [2.75, 3.05) is 7.05 Å². The highest BCUT2D eigenvalue weighted by Crippen LogP contribution is 2.29. The highest BCUT2D eigenvalue weighted by atomic mass is 19.1. The zero-order valence-corrected chi connectivity index (χ0v) is 20.0. The summed E-state index contributed by atoms with van der Waals surface area (Å²) in [6.45, 7) is 4.25. The Labute approximate surface area is 204 Å². The normalized spacial score (nSPS) is 12.1. The van der Waals surface area contributed by atoms with E-state index in [1.54, 1.807) is 7.05 Å². The van der Waals surface area contributed by atoms with E-state index in [1.165, 1.54) is 24.0 Å². The first-order chi connectivity index (χ1) is 16.6. The van der Waals surface area contributed by atoms with E-state index in [1.807, 2.05) is 55.5 Å². The molecule has 186 valence electrons. The molecule has 0 bridgehead atoms. The van der Waals surface area contributed by atoms with Gasteiger partial charge in [0.2, 0.25) is 6.41 Å². The van der Waals surface area contributed by atoms with E-state index in [4.69, 9.17) is 5.11 Å². The Morgan fingerprint density at radius 2 is 1.74 bits per heavy atom. The number of carbonyl (C=O) groups is 2. The van der Waals surface area contributed by atoms with Gasteiger partial charge in [-0.05, 0) is 48.2 Å². The number of phenolic OH excluding ortho intramolecular Hbond substituents is 1. The summed E-state index contributed by atoms with van der Waals surface area (Å²) in [6.07, 6.45) is -1.77. The number of hydrogen-bond acceptors (Lipinski definition) is 5. The minimum absolute atomic E-state index is 0.0891. The quantitative estimate of drug-likeness (QED) is 0.369. The number of nitrogens with one attached hydrogen (secondary N) is 1. The summed E-state index contributed by atoms with van der Waals surface area (Å²) < 4.78 is 12.9. The van der Waals surface area contributed by atoms with Crippen LogP contribution in [0.1, 0.15) is 23.6 Å². The number of hydrogen-bond donors (Lipinski definition) is 4. The Morgan fingerprint density at radius 3 is 2.31 bits per heavy atom. The predicted molar refractivity (Wildman–Crippen MR) is 132 cm³/mol. The third-order valence-electron chi connectivity index (χ3n) is 5.37. The molecule has 0 spiro atoms. The summed E-state index contributed by atoms with van der Waals surface area (Å²) in [6, 6.07) is 19.0.